The van der Waals surface area contributed by atoms with E-state index in [4.69, 9.17) is 16.6 Å². The van der Waals surface area contributed by atoms with Gasteiger partial charge < -0.3 is 10.4 Å². The molecule has 1 aliphatic heterocycles. The largest absolute Gasteiger partial charge is 0.507 e. The Balaban J connectivity index is 1.70. The molecule has 6 heteroatoms. The number of piperidine rings is 1. The van der Waals surface area contributed by atoms with Crippen LogP contribution in [0.5, 0.6) is 5.75 Å². The number of nitrogens with zero attached hydrogens (tertiary/aromatic N) is 2. The van der Waals surface area contributed by atoms with Gasteiger partial charge in [0, 0.05) is 11.6 Å². The van der Waals surface area contributed by atoms with E-state index >= 15 is 0 Å². The van der Waals surface area contributed by atoms with Crippen molar-refractivity contribution in [1.29, 1.82) is 0 Å². The van der Waals surface area contributed by atoms with Gasteiger partial charge in [0.15, 0.2) is 0 Å². The van der Waals surface area contributed by atoms with Gasteiger partial charge in [-0.2, -0.15) is 0 Å². The standard InChI is InChI=1S/C26H24ClN3O2/c27-20-7-3-6-18(13-20)19-10-11-23-22(14-19)26(32)30(16-17-5-4-12-28-15-17)25(29-23)21-8-1-2-9-24(21)31/h1-3,6-11,13-14,17,28,31H,4-5,12,15-16H2. The number of hydrogen-bond donors (Lipinski definition) is 2. The van der Waals surface area contributed by atoms with Crippen molar-refractivity contribution in [2.24, 2.45) is 5.92 Å². The first-order valence-corrected chi connectivity index (χ1v) is 11.3. The molecular formula is C26H24ClN3O2. The molecule has 1 aromatic heterocycles. The molecule has 1 atom stereocenters. The average Bonchev–Trinajstić information content (AvgIpc) is 2.82. The van der Waals surface area contributed by atoms with Gasteiger partial charge in [0.2, 0.25) is 0 Å². The first-order valence-electron chi connectivity index (χ1n) is 10.9. The van der Waals surface area contributed by atoms with Crippen LogP contribution in [-0.2, 0) is 6.54 Å². The zero-order chi connectivity index (χ0) is 22.1. The van der Waals surface area contributed by atoms with Crippen LogP contribution in [0.25, 0.3) is 33.4 Å². The molecule has 32 heavy (non-hydrogen) atoms. The van der Waals surface area contributed by atoms with E-state index in [1.807, 2.05) is 48.5 Å². The van der Waals surface area contributed by atoms with E-state index in [-0.39, 0.29) is 11.3 Å². The minimum absolute atomic E-state index is 0.0947. The van der Waals surface area contributed by atoms with Crippen LogP contribution in [0, 0.1) is 5.92 Å². The van der Waals surface area contributed by atoms with Gasteiger partial charge >= 0.3 is 0 Å². The molecule has 1 aliphatic rings. The normalized spacial score (nSPS) is 16.3. The van der Waals surface area contributed by atoms with Crippen LogP contribution in [0.4, 0.5) is 0 Å². The SMILES string of the molecule is O=c1c2cc(-c3cccc(Cl)c3)ccc2nc(-c2ccccc2O)n1CC1CCCNC1. The monoisotopic (exact) mass is 445 g/mol. The molecule has 0 amide bonds. The molecule has 2 heterocycles. The minimum atomic E-state index is -0.0947. The van der Waals surface area contributed by atoms with Crippen molar-refractivity contribution in [2.75, 3.05) is 13.1 Å². The lowest BCUT2D eigenvalue weighted by atomic mass is 9.99. The number of benzene rings is 3. The van der Waals surface area contributed by atoms with Gasteiger partial charge in [-0.1, -0.05) is 41.9 Å². The molecule has 1 saturated heterocycles. The highest BCUT2D eigenvalue weighted by molar-refractivity contribution is 6.30. The summed E-state index contributed by atoms with van der Waals surface area (Å²) in [5, 5.41) is 15.1. The summed E-state index contributed by atoms with van der Waals surface area (Å²) in [6.45, 7) is 2.43. The van der Waals surface area contributed by atoms with E-state index in [9.17, 15) is 9.90 Å². The molecule has 162 valence electrons. The molecule has 2 N–H and O–H groups in total. The fraction of sp³-hybridized carbons (Fsp3) is 0.231. The van der Waals surface area contributed by atoms with E-state index in [0.29, 0.717) is 39.8 Å². The fourth-order valence-electron chi connectivity index (χ4n) is 4.44. The van der Waals surface area contributed by atoms with Gasteiger partial charge in [-0.3, -0.25) is 9.36 Å². The number of hydrogen-bond acceptors (Lipinski definition) is 4. The Hall–Kier alpha value is -3.15. The van der Waals surface area contributed by atoms with Crippen LogP contribution < -0.4 is 10.9 Å². The number of aromatic nitrogens is 2. The third-order valence-electron chi connectivity index (χ3n) is 6.10. The lowest BCUT2D eigenvalue weighted by Crippen LogP contribution is -2.35. The first-order chi connectivity index (χ1) is 15.6. The van der Waals surface area contributed by atoms with Gasteiger partial charge in [0.1, 0.15) is 11.6 Å². The highest BCUT2D eigenvalue weighted by atomic mass is 35.5. The van der Waals surface area contributed by atoms with Crippen molar-refractivity contribution in [3.05, 3.63) is 82.1 Å². The van der Waals surface area contributed by atoms with Crippen LogP contribution >= 0.6 is 11.6 Å². The smallest absolute Gasteiger partial charge is 0.261 e. The molecule has 3 aromatic carbocycles. The number of para-hydroxylation sites is 1. The van der Waals surface area contributed by atoms with Gasteiger partial charge in [-0.25, -0.2) is 4.98 Å². The zero-order valence-electron chi connectivity index (χ0n) is 17.6. The Labute approximate surface area is 191 Å². The maximum absolute atomic E-state index is 13.8. The van der Waals surface area contributed by atoms with Crippen molar-refractivity contribution >= 4 is 22.5 Å². The summed E-state index contributed by atoms with van der Waals surface area (Å²) in [6.07, 6.45) is 2.14. The van der Waals surface area contributed by atoms with E-state index in [2.05, 4.69) is 5.32 Å². The molecule has 0 spiro atoms. The van der Waals surface area contributed by atoms with Crippen LogP contribution in [0.2, 0.25) is 5.02 Å². The predicted molar refractivity (Wildman–Crippen MR) is 129 cm³/mol. The lowest BCUT2D eigenvalue weighted by molar-refractivity contribution is 0.334. The van der Waals surface area contributed by atoms with E-state index in [1.54, 1.807) is 22.8 Å². The fourth-order valence-corrected chi connectivity index (χ4v) is 4.63. The molecule has 0 radical (unpaired) electrons. The number of nitrogens with one attached hydrogen (secondary N) is 1. The highest BCUT2D eigenvalue weighted by Crippen LogP contribution is 2.30. The van der Waals surface area contributed by atoms with E-state index in [0.717, 1.165) is 37.1 Å². The zero-order valence-corrected chi connectivity index (χ0v) is 18.3. The van der Waals surface area contributed by atoms with Crippen LogP contribution in [-0.4, -0.2) is 27.7 Å². The third-order valence-corrected chi connectivity index (χ3v) is 6.33. The Bertz CT molecular complexity index is 1340. The van der Waals surface area contributed by atoms with E-state index < -0.39 is 0 Å². The Morgan fingerprint density at radius 1 is 1.06 bits per heavy atom. The maximum Gasteiger partial charge on any atom is 0.261 e. The first kappa shape index (κ1) is 20.7. The molecule has 5 rings (SSSR count). The third kappa shape index (κ3) is 4.01. The Kier molecular flexibility index (Phi) is 5.68. The number of rotatable bonds is 4. The molecule has 1 unspecified atom stereocenters. The maximum atomic E-state index is 13.8. The minimum Gasteiger partial charge on any atom is -0.507 e. The van der Waals surface area contributed by atoms with Crippen LogP contribution in [0.15, 0.2) is 71.5 Å². The second kappa shape index (κ2) is 8.77. The summed E-state index contributed by atoms with van der Waals surface area (Å²) >= 11 is 6.17. The Morgan fingerprint density at radius 3 is 2.69 bits per heavy atom. The summed E-state index contributed by atoms with van der Waals surface area (Å²) in [5.41, 5.74) is 2.95. The number of halogens is 1. The van der Waals surface area contributed by atoms with E-state index in [1.165, 1.54) is 0 Å². The summed E-state index contributed by atoms with van der Waals surface area (Å²) < 4.78 is 1.73. The molecule has 4 aromatic rings. The number of fused-ring (bicyclic) bond motifs is 1. The van der Waals surface area contributed by atoms with Gasteiger partial charge in [-0.05, 0) is 79.4 Å². The van der Waals surface area contributed by atoms with Crippen LogP contribution in [0.3, 0.4) is 0 Å². The van der Waals surface area contributed by atoms with Crippen molar-refractivity contribution in [3.8, 4) is 28.3 Å². The summed E-state index contributed by atoms with van der Waals surface area (Å²) in [6, 6.07) is 20.3. The summed E-state index contributed by atoms with van der Waals surface area (Å²) in [7, 11) is 0. The average molecular weight is 446 g/mol. The number of phenols is 1. The van der Waals surface area contributed by atoms with Crippen molar-refractivity contribution in [3.63, 3.8) is 0 Å². The molecule has 0 bridgehead atoms. The molecular weight excluding hydrogens is 422 g/mol. The summed E-state index contributed by atoms with van der Waals surface area (Å²) in [4.78, 5) is 18.6. The van der Waals surface area contributed by atoms with Crippen LogP contribution in [0.1, 0.15) is 12.8 Å². The van der Waals surface area contributed by atoms with Gasteiger partial charge in [0.05, 0.1) is 16.5 Å². The van der Waals surface area contributed by atoms with Crippen molar-refractivity contribution in [2.45, 2.75) is 19.4 Å². The van der Waals surface area contributed by atoms with Crippen molar-refractivity contribution in [1.82, 2.24) is 14.9 Å². The molecule has 0 aliphatic carbocycles. The quantitative estimate of drug-likeness (QED) is 0.459. The molecule has 5 nitrogen and oxygen atoms in total. The predicted octanol–water partition coefficient (Wildman–Crippen LogP) is 5.09. The van der Waals surface area contributed by atoms with Gasteiger partial charge in [-0.15, -0.1) is 0 Å². The summed E-state index contributed by atoms with van der Waals surface area (Å²) in [5.74, 6) is 0.952. The van der Waals surface area contributed by atoms with Gasteiger partial charge in [0.25, 0.3) is 5.56 Å². The second-order valence-corrected chi connectivity index (χ2v) is 8.76. The molecule has 1 fully saturated rings. The number of phenolic OH excluding ortho intramolecular Hbond substituents is 1. The van der Waals surface area contributed by atoms with Crippen molar-refractivity contribution < 1.29 is 5.11 Å². The Morgan fingerprint density at radius 2 is 1.91 bits per heavy atom. The molecule has 0 saturated carbocycles. The number of aromatic hydroxyl groups is 1. The lowest BCUT2D eigenvalue weighted by Gasteiger charge is -2.25. The second-order valence-electron chi connectivity index (χ2n) is 8.32. The highest BCUT2D eigenvalue weighted by Gasteiger charge is 2.20. The topological polar surface area (TPSA) is 67.1 Å².